The molecule has 1 aromatic carbocycles. The van der Waals surface area contributed by atoms with Crippen molar-refractivity contribution in [1.29, 1.82) is 0 Å². The second kappa shape index (κ2) is 3.96. The first-order valence-electron chi connectivity index (χ1n) is 5.26. The van der Waals surface area contributed by atoms with E-state index in [1.807, 2.05) is 18.2 Å². The van der Waals surface area contributed by atoms with Crippen molar-refractivity contribution < 1.29 is 9.90 Å². The predicted molar refractivity (Wildman–Crippen MR) is 61.5 cm³/mol. The lowest BCUT2D eigenvalue weighted by Crippen LogP contribution is -1.99. The van der Waals surface area contributed by atoms with E-state index in [2.05, 4.69) is 24.0 Å². The van der Waals surface area contributed by atoms with Crippen molar-refractivity contribution in [2.45, 2.75) is 26.2 Å². The lowest BCUT2D eigenvalue weighted by Gasteiger charge is -2.01. The van der Waals surface area contributed by atoms with Crippen LogP contribution in [0.15, 0.2) is 18.2 Å². The first-order chi connectivity index (χ1) is 7.58. The average Bonchev–Trinajstić information content (AvgIpc) is 2.59. The predicted octanol–water partition coefficient (Wildman–Crippen LogP) is 2.31. The van der Waals surface area contributed by atoms with Crippen LogP contribution in [0, 0.1) is 0 Å². The highest BCUT2D eigenvalue weighted by Gasteiger charge is 2.09. The van der Waals surface area contributed by atoms with Gasteiger partial charge in [0.15, 0.2) is 0 Å². The van der Waals surface area contributed by atoms with Gasteiger partial charge in [0.1, 0.15) is 0 Å². The topological polar surface area (TPSA) is 66.0 Å². The minimum atomic E-state index is -0.820. The van der Waals surface area contributed by atoms with Gasteiger partial charge in [-0.2, -0.15) is 5.10 Å². The maximum Gasteiger partial charge on any atom is 0.307 e. The Morgan fingerprint density at radius 2 is 2.25 bits per heavy atom. The molecule has 2 N–H and O–H groups in total. The third kappa shape index (κ3) is 1.91. The van der Waals surface area contributed by atoms with E-state index in [4.69, 9.17) is 5.11 Å². The van der Waals surface area contributed by atoms with E-state index >= 15 is 0 Å². The number of nitrogens with one attached hydrogen (secondary N) is 1. The second-order valence-corrected chi connectivity index (χ2v) is 4.21. The number of aromatic nitrogens is 2. The normalized spacial score (nSPS) is 11.2. The number of aromatic amines is 1. The summed E-state index contributed by atoms with van der Waals surface area (Å²) < 4.78 is 0. The summed E-state index contributed by atoms with van der Waals surface area (Å²) in [6.07, 6.45) is 0.0415. The van der Waals surface area contributed by atoms with Gasteiger partial charge in [0.05, 0.1) is 11.9 Å². The minimum Gasteiger partial charge on any atom is -0.481 e. The fourth-order valence-corrected chi connectivity index (χ4v) is 1.80. The summed E-state index contributed by atoms with van der Waals surface area (Å²) in [7, 11) is 0. The molecule has 1 aromatic heterocycles. The summed E-state index contributed by atoms with van der Waals surface area (Å²) in [5.41, 5.74) is 2.71. The Hall–Kier alpha value is -1.84. The number of hydrogen-bond acceptors (Lipinski definition) is 2. The highest BCUT2D eigenvalue weighted by Crippen LogP contribution is 2.23. The van der Waals surface area contributed by atoms with Crippen molar-refractivity contribution in [2.24, 2.45) is 0 Å². The van der Waals surface area contributed by atoms with Crippen molar-refractivity contribution in [3.63, 3.8) is 0 Å². The number of nitrogens with zero attached hydrogens (tertiary/aromatic N) is 1. The molecule has 84 valence electrons. The number of rotatable bonds is 3. The molecule has 0 aliphatic heterocycles. The summed E-state index contributed by atoms with van der Waals surface area (Å²) in [4.78, 5) is 10.6. The van der Waals surface area contributed by atoms with E-state index in [0.717, 1.165) is 22.2 Å². The Morgan fingerprint density at radius 3 is 2.88 bits per heavy atom. The number of fused-ring (bicyclic) bond motifs is 1. The summed E-state index contributed by atoms with van der Waals surface area (Å²) in [6.45, 7) is 4.19. The molecule has 0 radical (unpaired) electrons. The van der Waals surface area contributed by atoms with Crippen LogP contribution >= 0.6 is 0 Å². The lowest BCUT2D eigenvalue weighted by molar-refractivity contribution is -0.136. The molecule has 0 atom stereocenters. The molecule has 4 heteroatoms. The second-order valence-electron chi connectivity index (χ2n) is 4.21. The molecule has 0 fully saturated rings. The molecule has 0 spiro atoms. The first kappa shape index (κ1) is 10.7. The molecule has 0 aliphatic carbocycles. The van der Waals surface area contributed by atoms with Gasteiger partial charge in [-0.3, -0.25) is 9.89 Å². The molecule has 0 amide bonds. The zero-order valence-electron chi connectivity index (χ0n) is 9.32. The summed E-state index contributed by atoms with van der Waals surface area (Å²) in [5.74, 6) is -0.436. The van der Waals surface area contributed by atoms with E-state index in [9.17, 15) is 4.79 Å². The monoisotopic (exact) mass is 218 g/mol. The molecule has 0 unspecified atom stereocenters. The molecular weight excluding hydrogens is 204 g/mol. The maximum absolute atomic E-state index is 10.6. The number of carbonyl (C=O) groups is 1. The highest BCUT2D eigenvalue weighted by molar-refractivity contribution is 5.83. The van der Waals surface area contributed by atoms with Crippen LogP contribution in [0.25, 0.3) is 10.9 Å². The van der Waals surface area contributed by atoms with E-state index in [1.54, 1.807) is 0 Å². The number of H-pyrrole nitrogens is 1. The molecule has 2 aromatic rings. The van der Waals surface area contributed by atoms with E-state index < -0.39 is 5.97 Å². The Labute approximate surface area is 93.3 Å². The van der Waals surface area contributed by atoms with Gasteiger partial charge >= 0.3 is 5.97 Å². The zero-order valence-corrected chi connectivity index (χ0v) is 9.32. The minimum absolute atomic E-state index is 0.0415. The number of carboxylic acids is 1. The number of hydrogen-bond donors (Lipinski definition) is 2. The fraction of sp³-hybridized carbons (Fsp3) is 0.333. The van der Waals surface area contributed by atoms with Crippen molar-refractivity contribution in [1.82, 2.24) is 10.2 Å². The Balaban J connectivity index is 2.45. The largest absolute Gasteiger partial charge is 0.481 e. The van der Waals surface area contributed by atoms with Gasteiger partial charge in [-0.05, 0) is 17.5 Å². The Morgan fingerprint density at radius 1 is 1.50 bits per heavy atom. The molecule has 2 rings (SSSR count). The van der Waals surface area contributed by atoms with Crippen molar-refractivity contribution in [2.75, 3.05) is 0 Å². The van der Waals surface area contributed by atoms with Gasteiger partial charge in [-0.25, -0.2) is 0 Å². The van der Waals surface area contributed by atoms with Crippen LogP contribution in [0.2, 0.25) is 0 Å². The van der Waals surface area contributed by atoms with Gasteiger partial charge in [0.25, 0.3) is 0 Å². The smallest absolute Gasteiger partial charge is 0.307 e. The van der Waals surface area contributed by atoms with Gasteiger partial charge in [0, 0.05) is 11.1 Å². The molecule has 16 heavy (non-hydrogen) atoms. The third-order valence-corrected chi connectivity index (χ3v) is 2.58. The number of benzene rings is 1. The molecule has 0 saturated heterocycles. The van der Waals surface area contributed by atoms with Crippen LogP contribution in [-0.2, 0) is 11.2 Å². The lowest BCUT2D eigenvalue weighted by atomic mass is 10.0. The average molecular weight is 218 g/mol. The van der Waals surface area contributed by atoms with Crippen LogP contribution in [-0.4, -0.2) is 21.3 Å². The molecule has 1 heterocycles. The number of aliphatic carboxylic acids is 1. The highest BCUT2D eigenvalue weighted by atomic mass is 16.4. The Kier molecular flexibility index (Phi) is 2.64. The molecule has 0 saturated carbocycles. The number of carboxylic acid groups (broad SMARTS) is 1. The zero-order chi connectivity index (χ0) is 11.7. The first-order valence-corrected chi connectivity index (χ1v) is 5.26. The SMILES string of the molecule is CC(C)c1[nH]nc2cc(CC(=O)O)ccc12. The standard InChI is InChI=1S/C12H14N2O2/c1-7(2)12-9-4-3-8(6-11(15)16)5-10(9)13-14-12/h3-5,7H,6H2,1-2H3,(H,13,14)(H,15,16). The van der Waals surface area contributed by atoms with Crippen LogP contribution in [0.3, 0.4) is 0 Å². The van der Waals surface area contributed by atoms with Crippen LogP contribution in [0.5, 0.6) is 0 Å². The molecule has 0 bridgehead atoms. The van der Waals surface area contributed by atoms with E-state index in [0.29, 0.717) is 5.92 Å². The van der Waals surface area contributed by atoms with Gasteiger partial charge in [-0.1, -0.05) is 26.0 Å². The fourth-order valence-electron chi connectivity index (χ4n) is 1.80. The van der Waals surface area contributed by atoms with E-state index in [1.165, 1.54) is 0 Å². The summed E-state index contributed by atoms with van der Waals surface area (Å²) in [5, 5.41) is 17.0. The summed E-state index contributed by atoms with van der Waals surface area (Å²) in [6, 6.07) is 5.61. The van der Waals surface area contributed by atoms with Gasteiger partial charge in [0.2, 0.25) is 0 Å². The van der Waals surface area contributed by atoms with Crippen molar-refractivity contribution >= 4 is 16.9 Å². The molecule has 4 nitrogen and oxygen atoms in total. The van der Waals surface area contributed by atoms with Crippen molar-refractivity contribution in [3.05, 3.63) is 29.5 Å². The van der Waals surface area contributed by atoms with E-state index in [-0.39, 0.29) is 6.42 Å². The van der Waals surface area contributed by atoms with Crippen LogP contribution in [0.1, 0.15) is 31.0 Å². The quantitative estimate of drug-likeness (QED) is 0.830. The third-order valence-electron chi connectivity index (χ3n) is 2.58. The maximum atomic E-state index is 10.6. The van der Waals surface area contributed by atoms with Crippen LogP contribution < -0.4 is 0 Å². The van der Waals surface area contributed by atoms with Gasteiger partial charge in [-0.15, -0.1) is 0 Å². The Bertz CT molecular complexity index is 529. The molecule has 0 aliphatic rings. The van der Waals surface area contributed by atoms with Crippen molar-refractivity contribution in [3.8, 4) is 0 Å². The molecular formula is C12H14N2O2. The summed E-state index contributed by atoms with van der Waals surface area (Å²) >= 11 is 0. The van der Waals surface area contributed by atoms with Crippen LogP contribution in [0.4, 0.5) is 0 Å². The van der Waals surface area contributed by atoms with Gasteiger partial charge < -0.3 is 5.11 Å².